The monoisotopic (exact) mass is 411 g/mol. The summed E-state index contributed by atoms with van der Waals surface area (Å²) in [6.07, 6.45) is -0.174. The number of benzene rings is 3. The molecule has 0 aliphatic rings. The molecule has 0 bridgehead atoms. The fourth-order valence-corrected chi connectivity index (χ4v) is 3.14. The van der Waals surface area contributed by atoms with E-state index in [0.29, 0.717) is 16.8 Å². The van der Waals surface area contributed by atoms with Gasteiger partial charge in [-0.3, -0.25) is 4.79 Å². The molecule has 0 heterocycles. The number of hydrogen-bond acceptors (Lipinski definition) is 3. The number of fused-ring (bicyclic) bond motifs is 1. The van der Waals surface area contributed by atoms with E-state index in [1.807, 2.05) is 30.3 Å². The van der Waals surface area contributed by atoms with Crippen molar-refractivity contribution in [3.05, 3.63) is 76.3 Å². The molecule has 5 heteroatoms. The average Bonchev–Trinajstić information content (AvgIpc) is 2.61. The molecule has 0 unspecified atom stereocenters. The number of halogens is 1. The smallest absolute Gasteiger partial charge is 0.338 e. The molecule has 3 rings (SSSR count). The van der Waals surface area contributed by atoms with Gasteiger partial charge in [-0.15, -0.1) is 0 Å². The largest absolute Gasteiger partial charge is 0.459 e. The fraction of sp³-hybridized carbons (Fsp3) is 0.143. The first-order chi connectivity index (χ1) is 12.5. The molecule has 0 spiro atoms. The number of esters is 1. The van der Waals surface area contributed by atoms with Crippen molar-refractivity contribution >= 4 is 44.3 Å². The Hall–Kier alpha value is -2.66. The van der Waals surface area contributed by atoms with Crippen molar-refractivity contribution in [3.63, 3.8) is 0 Å². The standard InChI is InChI=1S/C21H18BrNO3/c1-13(2)26-21(25)14-9-11-15(12-10-14)23-20(24)18-7-3-6-17-16(18)5-4-8-19(17)22/h3-13H,1-2H3,(H,23,24). The highest BCUT2D eigenvalue weighted by molar-refractivity contribution is 9.10. The van der Waals surface area contributed by atoms with Crippen LogP contribution in [0.4, 0.5) is 5.69 Å². The van der Waals surface area contributed by atoms with E-state index >= 15 is 0 Å². The summed E-state index contributed by atoms with van der Waals surface area (Å²) in [6.45, 7) is 3.60. The first kappa shape index (κ1) is 18.1. The maximum Gasteiger partial charge on any atom is 0.338 e. The molecule has 0 aromatic heterocycles. The molecule has 0 radical (unpaired) electrons. The number of carbonyl (C=O) groups is 2. The molecule has 0 atom stereocenters. The number of nitrogens with one attached hydrogen (secondary N) is 1. The van der Waals surface area contributed by atoms with Crippen LogP contribution in [-0.2, 0) is 4.74 Å². The Labute approximate surface area is 160 Å². The van der Waals surface area contributed by atoms with E-state index in [4.69, 9.17) is 4.74 Å². The summed E-state index contributed by atoms with van der Waals surface area (Å²) in [5.41, 5.74) is 1.65. The Morgan fingerprint density at radius 2 is 1.58 bits per heavy atom. The van der Waals surface area contributed by atoms with E-state index in [-0.39, 0.29) is 18.0 Å². The van der Waals surface area contributed by atoms with Gasteiger partial charge in [0.25, 0.3) is 5.91 Å². The van der Waals surface area contributed by atoms with Crippen molar-refractivity contribution in [1.29, 1.82) is 0 Å². The number of carbonyl (C=O) groups excluding carboxylic acids is 2. The molecule has 3 aromatic carbocycles. The molecule has 3 aromatic rings. The zero-order valence-electron chi connectivity index (χ0n) is 14.5. The first-order valence-electron chi connectivity index (χ1n) is 8.25. The van der Waals surface area contributed by atoms with Gasteiger partial charge in [-0.1, -0.05) is 40.2 Å². The van der Waals surface area contributed by atoms with Gasteiger partial charge in [-0.05, 0) is 61.0 Å². The zero-order valence-corrected chi connectivity index (χ0v) is 16.0. The minimum Gasteiger partial charge on any atom is -0.459 e. The predicted molar refractivity (Wildman–Crippen MR) is 107 cm³/mol. The average molecular weight is 412 g/mol. The molecule has 0 saturated carbocycles. The fourth-order valence-electron chi connectivity index (χ4n) is 2.64. The molecule has 1 amide bonds. The summed E-state index contributed by atoms with van der Waals surface area (Å²) in [5, 5.41) is 4.72. The quantitative estimate of drug-likeness (QED) is 0.583. The van der Waals surface area contributed by atoms with E-state index in [1.54, 1.807) is 44.2 Å². The van der Waals surface area contributed by atoms with Gasteiger partial charge in [-0.25, -0.2) is 4.79 Å². The van der Waals surface area contributed by atoms with Crippen LogP contribution in [0.5, 0.6) is 0 Å². The summed E-state index contributed by atoms with van der Waals surface area (Å²) in [5.74, 6) is -0.581. The minimum atomic E-state index is -0.378. The van der Waals surface area contributed by atoms with Gasteiger partial charge in [0.2, 0.25) is 0 Å². The molecule has 4 nitrogen and oxygen atoms in total. The number of anilines is 1. The first-order valence-corrected chi connectivity index (χ1v) is 9.04. The van der Waals surface area contributed by atoms with Gasteiger partial charge in [0.05, 0.1) is 11.7 Å². The normalized spacial score (nSPS) is 10.8. The van der Waals surface area contributed by atoms with E-state index in [2.05, 4.69) is 21.2 Å². The van der Waals surface area contributed by atoms with Crippen molar-refractivity contribution in [2.24, 2.45) is 0 Å². The van der Waals surface area contributed by atoms with Crippen LogP contribution in [0.3, 0.4) is 0 Å². The van der Waals surface area contributed by atoms with Gasteiger partial charge in [0.15, 0.2) is 0 Å². The van der Waals surface area contributed by atoms with E-state index in [9.17, 15) is 9.59 Å². The summed E-state index contributed by atoms with van der Waals surface area (Å²) >= 11 is 3.51. The van der Waals surface area contributed by atoms with Crippen LogP contribution in [0, 0.1) is 0 Å². The highest BCUT2D eigenvalue weighted by Crippen LogP contribution is 2.27. The summed E-state index contributed by atoms with van der Waals surface area (Å²) in [7, 11) is 0. The molecule has 0 fully saturated rings. The lowest BCUT2D eigenvalue weighted by molar-refractivity contribution is 0.0378. The van der Waals surface area contributed by atoms with Crippen LogP contribution in [0.1, 0.15) is 34.6 Å². The van der Waals surface area contributed by atoms with Crippen molar-refractivity contribution in [3.8, 4) is 0 Å². The Balaban J connectivity index is 1.81. The van der Waals surface area contributed by atoms with Crippen LogP contribution in [0.15, 0.2) is 65.1 Å². The number of hydrogen-bond donors (Lipinski definition) is 1. The van der Waals surface area contributed by atoms with Gasteiger partial charge >= 0.3 is 5.97 Å². The van der Waals surface area contributed by atoms with Crippen molar-refractivity contribution in [2.75, 3.05) is 5.32 Å². The highest BCUT2D eigenvalue weighted by Gasteiger charge is 2.13. The number of rotatable bonds is 4. The SMILES string of the molecule is CC(C)OC(=O)c1ccc(NC(=O)c2cccc3c(Br)cccc23)cc1. The van der Waals surface area contributed by atoms with E-state index < -0.39 is 0 Å². The summed E-state index contributed by atoms with van der Waals surface area (Å²) in [4.78, 5) is 24.6. The molecule has 0 saturated heterocycles. The molecule has 26 heavy (non-hydrogen) atoms. The van der Waals surface area contributed by atoms with Gasteiger partial charge < -0.3 is 10.1 Å². The second-order valence-corrected chi connectivity index (χ2v) is 6.98. The second kappa shape index (κ2) is 7.70. The van der Waals surface area contributed by atoms with Gasteiger partial charge in [-0.2, -0.15) is 0 Å². The molecule has 132 valence electrons. The van der Waals surface area contributed by atoms with Gasteiger partial charge in [0, 0.05) is 15.7 Å². The Kier molecular flexibility index (Phi) is 5.38. The van der Waals surface area contributed by atoms with Crippen LogP contribution in [-0.4, -0.2) is 18.0 Å². The van der Waals surface area contributed by atoms with Crippen LogP contribution in [0.2, 0.25) is 0 Å². The van der Waals surface area contributed by atoms with Crippen LogP contribution >= 0.6 is 15.9 Å². The maximum atomic E-state index is 12.7. The van der Waals surface area contributed by atoms with Crippen LogP contribution in [0.25, 0.3) is 10.8 Å². The maximum absolute atomic E-state index is 12.7. The lowest BCUT2D eigenvalue weighted by Gasteiger charge is -2.10. The third-order valence-electron chi connectivity index (χ3n) is 3.83. The summed E-state index contributed by atoms with van der Waals surface area (Å²) in [6, 6.07) is 18.0. The predicted octanol–water partition coefficient (Wildman–Crippen LogP) is 5.42. The Morgan fingerprint density at radius 3 is 2.27 bits per heavy atom. The number of ether oxygens (including phenoxy) is 1. The van der Waals surface area contributed by atoms with Crippen molar-refractivity contribution < 1.29 is 14.3 Å². The molecular weight excluding hydrogens is 394 g/mol. The Morgan fingerprint density at radius 1 is 0.923 bits per heavy atom. The molecule has 1 N–H and O–H groups in total. The lowest BCUT2D eigenvalue weighted by Crippen LogP contribution is -2.13. The highest BCUT2D eigenvalue weighted by atomic mass is 79.9. The van der Waals surface area contributed by atoms with Crippen LogP contribution < -0.4 is 5.32 Å². The molecular formula is C21H18BrNO3. The number of amides is 1. The van der Waals surface area contributed by atoms with Crippen molar-refractivity contribution in [2.45, 2.75) is 20.0 Å². The molecule has 0 aliphatic carbocycles. The van der Waals surface area contributed by atoms with E-state index in [0.717, 1.165) is 15.2 Å². The summed E-state index contributed by atoms with van der Waals surface area (Å²) < 4.78 is 6.10. The molecule has 0 aliphatic heterocycles. The van der Waals surface area contributed by atoms with E-state index in [1.165, 1.54) is 0 Å². The second-order valence-electron chi connectivity index (χ2n) is 6.13. The topological polar surface area (TPSA) is 55.4 Å². The third-order valence-corrected chi connectivity index (χ3v) is 4.53. The zero-order chi connectivity index (χ0) is 18.7. The Bertz CT molecular complexity index is 965. The van der Waals surface area contributed by atoms with Gasteiger partial charge in [0.1, 0.15) is 0 Å². The third kappa shape index (κ3) is 3.94. The van der Waals surface area contributed by atoms with Crippen molar-refractivity contribution in [1.82, 2.24) is 0 Å². The lowest BCUT2D eigenvalue weighted by atomic mass is 10.0. The minimum absolute atomic E-state index is 0.174.